The second kappa shape index (κ2) is 6.60. The van der Waals surface area contributed by atoms with Crippen molar-refractivity contribution in [1.82, 2.24) is 0 Å². The molecule has 0 fully saturated rings. The molecule has 0 atom stereocenters. The van der Waals surface area contributed by atoms with E-state index >= 15 is 0 Å². The Labute approximate surface area is 190 Å². The van der Waals surface area contributed by atoms with E-state index in [1.54, 1.807) is 4.40 Å². The molecule has 0 radical (unpaired) electrons. The van der Waals surface area contributed by atoms with Crippen LogP contribution in [0.1, 0.15) is 5.56 Å². The summed E-state index contributed by atoms with van der Waals surface area (Å²) in [4.78, 5) is 2.75. The van der Waals surface area contributed by atoms with Crippen LogP contribution in [-0.2, 0) is 7.05 Å². The molecule has 0 N–H and O–H groups in total. The van der Waals surface area contributed by atoms with Crippen molar-refractivity contribution in [3.05, 3.63) is 72.4 Å². The summed E-state index contributed by atoms with van der Waals surface area (Å²) in [6, 6.07) is 22.9. The van der Waals surface area contributed by atoms with Crippen LogP contribution >= 0.6 is 11.8 Å². The van der Waals surface area contributed by atoms with Gasteiger partial charge in [0.05, 0.1) is 0 Å². The van der Waals surface area contributed by atoms with Gasteiger partial charge in [0.25, 0.3) is 0 Å². The first-order chi connectivity index (χ1) is 14.8. The summed E-state index contributed by atoms with van der Waals surface area (Å²) in [5.74, 6) is 7.51. The van der Waals surface area contributed by atoms with Gasteiger partial charge in [-0.3, -0.25) is 0 Å². The van der Waals surface area contributed by atoms with E-state index in [2.05, 4.69) is 103 Å². The Hall–Kier alpha value is -2.30. The predicted molar refractivity (Wildman–Crippen MR) is 137 cm³/mol. The molecule has 0 saturated carbocycles. The first-order valence-electron chi connectivity index (χ1n) is 10.9. The minimum atomic E-state index is -2.04. The molecule has 152 valence electrons. The van der Waals surface area contributed by atoms with Crippen molar-refractivity contribution < 1.29 is 4.57 Å². The van der Waals surface area contributed by atoms with Crippen LogP contribution < -0.4 is 8.96 Å². The third-order valence-electron chi connectivity index (χ3n) is 6.76. The molecule has 0 aliphatic carbocycles. The zero-order chi connectivity index (χ0) is 21.5. The van der Waals surface area contributed by atoms with Crippen LogP contribution in [-0.4, -0.2) is 13.3 Å². The number of hydrogen-bond donors (Lipinski definition) is 0. The normalized spacial score (nSPS) is 13.2. The summed E-state index contributed by atoms with van der Waals surface area (Å²) < 4.78 is 3.94. The Bertz CT molecular complexity index is 1560. The van der Waals surface area contributed by atoms with Crippen molar-refractivity contribution in [2.45, 2.75) is 34.0 Å². The molecule has 0 bridgehead atoms. The zero-order valence-electron chi connectivity index (χ0n) is 18.7. The van der Waals surface area contributed by atoms with Gasteiger partial charge in [-0.15, -0.1) is 0 Å². The van der Waals surface area contributed by atoms with Crippen LogP contribution in [0.2, 0.25) is 17.3 Å². The second-order valence-corrected chi connectivity index (χ2v) is 21.4. The quantitative estimate of drug-likeness (QED) is 0.140. The number of nitrogens with zero attached hydrogens (tertiary/aromatic N) is 1. The number of hydrogen-bond acceptors (Lipinski definition) is 1. The minimum absolute atomic E-state index is 1.33. The number of pyridine rings is 1. The molecule has 0 spiro atoms. The Morgan fingerprint density at radius 2 is 1.52 bits per heavy atom. The van der Waals surface area contributed by atoms with Gasteiger partial charge in [0, 0.05) is 0 Å². The van der Waals surface area contributed by atoms with Gasteiger partial charge in [-0.2, -0.15) is 0 Å². The summed E-state index contributed by atoms with van der Waals surface area (Å²) in [6.45, 7) is 2.29. The van der Waals surface area contributed by atoms with Gasteiger partial charge in [-0.05, 0) is 0 Å². The summed E-state index contributed by atoms with van der Waals surface area (Å²) in [7, 11) is 2.20. The van der Waals surface area contributed by atoms with Gasteiger partial charge in [0.2, 0.25) is 0 Å². The van der Waals surface area contributed by atoms with E-state index in [1.807, 2.05) is 11.8 Å². The number of rotatable bonds is 1. The average Bonchev–Trinajstić information content (AvgIpc) is 2.74. The van der Waals surface area contributed by atoms with Gasteiger partial charge in [0.15, 0.2) is 0 Å². The summed E-state index contributed by atoms with van der Waals surface area (Å²) in [5.41, 5.74) is 4.15. The van der Waals surface area contributed by atoms with Gasteiger partial charge >= 0.3 is 191 Å². The van der Waals surface area contributed by atoms with Gasteiger partial charge in [-0.1, -0.05) is 0 Å². The van der Waals surface area contributed by atoms with Gasteiger partial charge in [-0.25, -0.2) is 0 Å². The number of aryl methyl sites for hydroxylation is 2. The van der Waals surface area contributed by atoms with E-state index in [1.165, 1.54) is 58.9 Å². The van der Waals surface area contributed by atoms with Crippen LogP contribution in [0, 0.1) is 6.92 Å². The molecule has 31 heavy (non-hydrogen) atoms. The molecule has 5 aromatic rings. The molecule has 6 rings (SSSR count). The van der Waals surface area contributed by atoms with E-state index in [0.717, 1.165) is 0 Å². The Kier molecular flexibility index (Phi) is 4.13. The summed E-state index contributed by atoms with van der Waals surface area (Å²) in [6.07, 6.45) is 2.27. The Morgan fingerprint density at radius 3 is 2.32 bits per heavy atom. The zero-order valence-corrected chi connectivity index (χ0v) is 21.6. The number of fused-ring (bicyclic) bond motifs is 5. The maximum atomic E-state index is 2.50. The third kappa shape index (κ3) is 2.74. The fraction of sp³-hybridized carbons (Fsp3) is 0.179. The van der Waals surface area contributed by atoms with Crippen molar-refractivity contribution in [1.29, 1.82) is 0 Å². The monoisotopic (exact) mass is 482 g/mol. The van der Waals surface area contributed by atoms with E-state index in [4.69, 9.17) is 0 Å². The van der Waals surface area contributed by atoms with Crippen LogP contribution in [0.4, 0.5) is 0 Å². The van der Waals surface area contributed by atoms with Crippen molar-refractivity contribution >= 4 is 61.7 Å². The third-order valence-corrected chi connectivity index (χ3v) is 12.1. The van der Waals surface area contributed by atoms with Crippen LogP contribution in [0.15, 0.2) is 76.7 Å². The fourth-order valence-electron chi connectivity index (χ4n) is 5.31. The fourth-order valence-corrected chi connectivity index (χ4v) is 9.99. The Balaban J connectivity index is 1.83. The predicted octanol–water partition coefficient (Wildman–Crippen LogP) is 6.96. The summed E-state index contributed by atoms with van der Waals surface area (Å²) in [5, 5.41) is 8.39. The second-order valence-electron chi connectivity index (χ2n) is 9.79. The van der Waals surface area contributed by atoms with Crippen LogP contribution in [0.25, 0.3) is 43.6 Å². The van der Waals surface area contributed by atoms with E-state index in [9.17, 15) is 0 Å². The van der Waals surface area contributed by atoms with Gasteiger partial charge in [0.1, 0.15) is 0 Å². The number of benzene rings is 4. The van der Waals surface area contributed by atoms with Gasteiger partial charge < -0.3 is 0 Å². The number of aromatic nitrogens is 1. The molecule has 4 aromatic carbocycles. The molecule has 1 aliphatic heterocycles. The molecule has 0 unspecified atom stereocenters. The molecular weight excluding hydrogens is 455 g/mol. The topological polar surface area (TPSA) is 3.88 Å². The molecule has 0 amide bonds. The molecule has 1 aromatic heterocycles. The summed E-state index contributed by atoms with van der Waals surface area (Å²) >= 11 is -0.0977. The maximum absolute atomic E-state index is 2.50. The first kappa shape index (κ1) is 19.4. The average molecular weight is 481 g/mol. The van der Waals surface area contributed by atoms with Crippen LogP contribution in [0.3, 0.4) is 0 Å². The molecule has 0 saturated heterocycles. The van der Waals surface area contributed by atoms with Crippen LogP contribution in [0.5, 0.6) is 0 Å². The molecule has 2 heterocycles. The molecule has 1 aliphatic rings. The SMILES string of the molecule is Cc1c2c(cc3ccccc13)Sc1cc3ccc[c]([Ge]([CH3])([CH3])[CH3])c3c3cc[n+](C)c-2c13. The van der Waals surface area contributed by atoms with E-state index in [0.29, 0.717) is 0 Å². The van der Waals surface area contributed by atoms with Crippen molar-refractivity contribution in [3.8, 4) is 11.3 Å². The first-order valence-corrected chi connectivity index (χ1v) is 19.1. The molecule has 1 nitrogen and oxygen atoms in total. The van der Waals surface area contributed by atoms with E-state index < -0.39 is 13.3 Å². The van der Waals surface area contributed by atoms with E-state index in [-0.39, 0.29) is 0 Å². The molecular formula is C28H26GeNS+. The van der Waals surface area contributed by atoms with Crippen molar-refractivity contribution in [2.24, 2.45) is 7.05 Å². The standard InChI is InChI=1S/C28H26GeNS/c1-17-20-11-7-6-9-18(20)15-23-25(17)28-27-21(13-14-30(28)5)26-19(16-24(27)31-23)10-8-12-22(26)29(2,3)4/h6-16H,1-5H3/q+1. The molecule has 3 heteroatoms. The van der Waals surface area contributed by atoms with Crippen molar-refractivity contribution in [3.63, 3.8) is 0 Å². The Morgan fingerprint density at radius 1 is 0.774 bits per heavy atom. The van der Waals surface area contributed by atoms with Crippen molar-refractivity contribution in [2.75, 3.05) is 0 Å².